The highest BCUT2D eigenvalue weighted by Crippen LogP contribution is 2.18. The van der Waals surface area contributed by atoms with E-state index in [9.17, 15) is 9.90 Å². The van der Waals surface area contributed by atoms with E-state index in [4.69, 9.17) is 10.5 Å². The normalized spacial score (nSPS) is 18.6. The molecule has 1 aromatic rings. The Morgan fingerprint density at radius 2 is 2.37 bits per heavy atom. The van der Waals surface area contributed by atoms with Gasteiger partial charge in [-0.2, -0.15) is 0 Å². The van der Waals surface area contributed by atoms with E-state index < -0.39 is 0 Å². The SMILES string of the molecule is Nc1cccc(OCCC(=O)N2CCCC2CO)c1. The predicted molar refractivity (Wildman–Crippen MR) is 72.8 cm³/mol. The summed E-state index contributed by atoms with van der Waals surface area (Å²) in [5.41, 5.74) is 6.29. The maximum absolute atomic E-state index is 12.0. The van der Waals surface area contributed by atoms with Gasteiger partial charge in [0.25, 0.3) is 0 Å². The van der Waals surface area contributed by atoms with Crippen LogP contribution in [0.1, 0.15) is 19.3 Å². The summed E-state index contributed by atoms with van der Waals surface area (Å²) in [5, 5.41) is 9.18. The number of likely N-dealkylation sites (tertiary alicyclic amines) is 1. The zero-order valence-corrected chi connectivity index (χ0v) is 10.9. The smallest absolute Gasteiger partial charge is 0.226 e. The molecule has 2 rings (SSSR count). The van der Waals surface area contributed by atoms with Crippen molar-refractivity contribution < 1.29 is 14.6 Å². The van der Waals surface area contributed by atoms with Gasteiger partial charge in [0.05, 0.1) is 25.7 Å². The number of aliphatic hydroxyl groups is 1. The van der Waals surface area contributed by atoms with Crippen molar-refractivity contribution >= 4 is 11.6 Å². The highest BCUT2D eigenvalue weighted by molar-refractivity contribution is 5.77. The largest absolute Gasteiger partial charge is 0.493 e. The van der Waals surface area contributed by atoms with Gasteiger partial charge in [0.1, 0.15) is 5.75 Å². The summed E-state index contributed by atoms with van der Waals surface area (Å²) in [5.74, 6) is 0.716. The highest BCUT2D eigenvalue weighted by atomic mass is 16.5. The van der Waals surface area contributed by atoms with E-state index in [0.29, 0.717) is 24.5 Å². The number of carbonyl (C=O) groups is 1. The van der Waals surface area contributed by atoms with Crippen molar-refractivity contribution in [2.24, 2.45) is 0 Å². The highest BCUT2D eigenvalue weighted by Gasteiger charge is 2.27. The van der Waals surface area contributed by atoms with E-state index in [1.807, 2.05) is 12.1 Å². The van der Waals surface area contributed by atoms with Gasteiger partial charge in [0.2, 0.25) is 5.91 Å². The van der Waals surface area contributed by atoms with Crippen LogP contribution >= 0.6 is 0 Å². The molecule has 5 heteroatoms. The topological polar surface area (TPSA) is 75.8 Å². The van der Waals surface area contributed by atoms with Crippen LogP contribution in [0.2, 0.25) is 0 Å². The minimum absolute atomic E-state index is 0.0140. The average molecular weight is 264 g/mol. The number of anilines is 1. The fourth-order valence-electron chi connectivity index (χ4n) is 2.36. The molecule has 3 N–H and O–H groups in total. The first-order valence-corrected chi connectivity index (χ1v) is 6.59. The van der Waals surface area contributed by atoms with Crippen LogP contribution < -0.4 is 10.5 Å². The summed E-state index contributed by atoms with van der Waals surface area (Å²) in [4.78, 5) is 13.7. The molecule has 1 aliphatic heterocycles. The standard InChI is InChI=1S/C14H20N2O3/c15-11-3-1-5-13(9-11)19-8-6-14(18)16-7-2-4-12(16)10-17/h1,3,5,9,12,17H,2,4,6-8,10,15H2. The number of hydrogen-bond acceptors (Lipinski definition) is 4. The third-order valence-corrected chi connectivity index (χ3v) is 3.35. The molecule has 1 saturated heterocycles. The number of nitrogens with zero attached hydrogens (tertiary/aromatic N) is 1. The zero-order chi connectivity index (χ0) is 13.7. The number of rotatable bonds is 5. The van der Waals surface area contributed by atoms with Crippen LogP contribution in [-0.2, 0) is 4.79 Å². The van der Waals surface area contributed by atoms with Crippen LogP contribution in [0, 0.1) is 0 Å². The van der Waals surface area contributed by atoms with Crippen molar-refractivity contribution in [2.45, 2.75) is 25.3 Å². The maximum Gasteiger partial charge on any atom is 0.226 e. The number of benzene rings is 1. The monoisotopic (exact) mass is 264 g/mol. The number of nitrogens with two attached hydrogens (primary N) is 1. The Hall–Kier alpha value is -1.75. The van der Waals surface area contributed by atoms with E-state index in [1.165, 1.54) is 0 Å². The molecule has 1 amide bonds. The van der Waals surface area contributed by atoms with Gasteiger partial charge in [-0.3, -0.25) is 4.79 Å². The fourth-order valence-corrected chi connectivity index (χ4v) is 2.36. The second kappa shape index (κ2) is 6.43. The van der Waals surface area contributed by atoms with Crippen molar-refractivity contribution in [2.75, 3.05) is 25.5 Å². The van der Waals surface area contributed by atoms with Crippen molar-refractivity contribution in [1.82, 2.24) is 4.90 Å². The van der Waals surface area contributed by atoms with E-state index in [-0.39, 0.29) is 18.6 Å². The molecular weight excluding hydrogens is 244 g/mol. The maximum atomic E-state index is 12.0. The Balaban J connectivity index is 1.78. The van der Waals surface area contributed by atoms with E-state index in [0.717, 1.165) is 19.4 Å². The summed E-state index contributed by atoms with van der Waals surface area (Å²) in [7, 11) is 0. The zero-order valence-electron chi connectivity index (χ0n) is 10.9. The summed E-state index contributed by atoms with van der Waals surface area (Å²) in [6.45, 7) is 1.11. The molecule has 1 aliphatic rings. The lowest BCUT2D eigenvalue weighted by atomic mass is 10.2. The Labute approximate surface area is 113 Å². The fraction of sp³-hybridized carbons (Fsp3) is 0.500. The Morgan fingerprint density at radius 3 is 3.11 bits per heavy atom. The molecule has 1 unspecified atom stereocenters. The Bertz CT molecular complexity index is 436. The van der Waals surface area contributed by atoms with Crippen molar-refractivity contribution in [3.8, 4) is 5.75 Å². The van der Waals surface area contributed by atoms with Gasteiger partial charge in [0, 0.05) is 18.3 Å². The van der Waals surface area contributed by atoms with Gasteiger partial charge in [-0.15, -0.1) is 0 Å². The summed E-state index contributed by atoms with van der Waals surface area (Å²) in [6.07, 6.45) is 2.18. The Kier molecular flexibility index (Phi) is 4.63. The summed E-state index contributed by atoms with van der Waals surface area (Å²) >= 11 is 0. The minimum Gasteiger partial charge on any atom is -0.493 e. The van der Waals surface area contributed by atoms with Crippen LogP contribution in [0.3, 0.4) is 0 Å². The van der Waals surface area contributed by atoms with Crippen molar-refractivity contribution in [3.63, 3.8) is 0 Å². The predicted octanol–water partition coefficient (Wildman–Crippen LogP) is 1.02. The number of aliphatic hydroxyl groups excluding tert-OH is 1. The van der Waals surface area contributed by atoms with E-state index in [1.54, 1.807) is 17.0 Å². The van der Waals surface area contributed by atoms with Gasteiger partial charge in [0.15, 0.2) is 0 Å². The number of hydrogen-bond donors (Lipinski definition) is 2. The first-order chi connectivity index (χ1) is 9.20. The number of carbonyl (C=O) groups excluding carboxylic acids is 1. The molecular formula is C14H20N2O3. The summed E-state index contributed by atoms with van der Waals surface area (Å²) < 4.78 is 5.50. The van der Waals surface area contributed by atoms with Gasteiger partial charge in [-0.25, -0.2) is 0 Å². The van der Waals surface area contributed by atoms with Gasteiger partial charge < -0.3 is 20.5 Å². The molecule has 0 aliphatic carbocycles. The van der Waals surface area contributed by atoms with Gasteiger partial charge >= 0.3 is 0 Å². The van der Waals surface area contributed by atoms with Crippen LogP contribution in [-0.4, -0.2) is 41.7 Å². The lowest BCUT2D eigenvalue weighted by Gasteiger charge is -2.23. The second-order valence-corrected chi connectivity index (χ2v) is 4.74. The second-order valence-electron chi connectivity index (χ2n) is 4.74. The van der Waals surface area contributed by atoms with Crippen LogP contribution in [0.5, 0.6) is 5.75 Å². The van der Waals surface area contributed by atoms with E-state index in [2.05, 4.69) is 0 Å². The molecule has 0 spiro atoms. The van der Waals surface area contributed by atoms with Crippen LogP contribution in [0.25, 0.3) is 0 Å². The molecule has 1 heterocycles. The quantitative estimate of drug-likeness (QED) is 0.779. The molecule has 1 aromatic carbocycles. The lowest BCUT2D eigenvalue weighted by Crippen LogP contribution is -2.38. The number of ether oxygens (including phenoxy) is 1. The summed E-state index contributed by atoms with van der Waals surface area (Å²) in [6, 6.07) is 7.13. The molecule has 0 aromatic heterocycles. The molecule has 1 atom stereocenters. The number of nitrogen functional groups attached to an aromatic ring is 1. The third-order valence-electron chi connectivity index (χ3n) is 3.35. The van der Waals surface area contributed by atoms with E-state index >= 15 is 0 Å². The first kappa shape index (κ1) is 13.7. The lowest BCUT2D eigenvalue weighted by molar-refractivity contribution is -0.133. The first-order valence-electron chi connectivity index (χ1n) is 6.59. The molecule has 0 bridgehead atoms. The average Bonchev–Trinajstić information content (AvgIpc) is 2.87. The van der Waals surface area contributed by atoms with Gasteiger partial charge in [-0.05, 0) is 25.0 Å². The third kappa shape index (κ3) is 3.61. The molecule has 5 nitrogen and oxygen atoms in total. The molecule has 1 fully saturated rings. The van der Waals surface area contributed by atoms with Crippen molar-refractivity contribution in [3.05, 3.63) is 24.3 Å². The Morgan fingerprint density at radius 1 is 1.53 bits per heavy atom. The van der Waals surface area contributed by atoms with Gasteiger partial charge in [-0.1, -0.05) is 6.07 Å². The molecule has 104 valence electrons. The molecule has 19 heavy (non-hydrogen) atoms. The molecule has 0 saturated carbocycles. The number of amides is 1. The molecule has 0 radical (unpaired) electrons. The van der Waals surface area contributed by atoms with Crippen molar-refractivity contribution in [1.29, 1.82) is 0 Å². The van der Waals surface area contributed by atoms with Crippen LogP contribution in [0.4, 0.5) is 5.69 Å². The minimum atomic E-state index is -0.0140. The van der Waals surface area contributed by atoms with Crippen LogP contribution in [0.15, 0.2) is 24.3 Å².